The van der Waals surface area contributed by atoms with E-state index in [2.05, 4.69) is 19.9 Å². The van der Waals surface area contributed by atoms with Crippen molar-refractivity contribution in [1.29, 1.82) is 5.26 Å². The minimum atomic E-state index is -0.231. The molecule has 0 spiro atoms. The van der Waals surface area contributed by atoms with Crippen molar-refractivity contribution in [3.63, 3.8) is 0 Å². The molecule has 1 aromatic carbocycles. The van der Waals surface area contributed by atoms with Crippen LogP contribution in [0.15, 0.2) is 24.3 Å². The molecule has 1 fully saturated rings. The predicted molar refractivity (Wildman–Crippen MR) is 97.4 cm³/mol. The molecule has 0 atom stereocenters. The Labute approximate surface area is 151 Å². The van der Waals surface area contributed by atoms with Gasteiger partial charge in [-0.15, -0.1) is 0 Å². The van der Waals surface area contributed by atoms with E-state index in [0.717, 1.165) is 57.1 Å². The van der Waals surface area contributed by atoms with E-state index in [-0.39, 0.29) is 17.3 Å². The molecule has 0 saturated heterocycles. The highest BCUT2D eigenvalue weighted by atomic mass is 16.5. The second kappa shape index (κ2) is 9.46. The van der Waals surface area contributed by atoms with Crippen molar-refractivity contribution in [2.75, 3.05) is 6.61 Å². The number of rotatable bonds is 8. The first-order valence-electron chi connectivity index (χ1n) is 9.48. The van der Waals surface area contributed by atoms with Gasteiger partial charge >= 0.3 is 5.97 Å². The molecule has 1 aliphatic rings. The Kier molecular flexibility index (Phi) is 7.31. The van der Waals surface area contributed by atoms with Gasteiger partial charge in [0.15, 0.2) is 0 Å². The molecule has 1 aromatic rings. The van der Waals surface area contributed by atoms with Gasteiger partial charge in [-0.3, -0.25) is 4.79 Å². The minimum Gasteiger partial charge on any atom is -0.494 e. The average molecular weight is 343 g/mol. The number of unbranched alkanes of at least 4 members (excludes halogenated alkanes) is 1. The van der Waals surface area contributed by atoms with Crippen LogP contribution in [0, 0.1) is 22.7 Å². The monoisotopic (exact) mass is 343 g/mol. The van der Waals surface area contributed by atoms with Crippen LogP contribution < -0.4 is 9.47 Å². The Morgan fingerprint density at radius 3 is 2.36 bits per heavy atom. The van der Waals surface area contributed by atoms with E-state index >= 15 is 0 Å². The van der Waals surface area contributed by atoms with Crippen LogP contribution in [0.4, 0.5) is 0 Å². The zero-order valence-electron chi connectivity index (χ0n) is 15.4. The maximum absolute atomic E-state index is 12.4. The van der Waals surface area contributed by atoms with Crippen molar-refractivity contribution in [2.45, 2.75) is 65.2 Å². The third-order valence-electron chi connectivity index (χ3n) is 5.04. The first-order valence-corrected chi connectivity index (χ1v) is 9.48. The summed E-state index contributed by atoms with van der Waals surface area (Å²) in [6.45, 7) is 4.89. The van der Waals surface area contributed by atoms with Gasteiger partial charge in [0.05, 0.1) is 24.0 Å². The number of nitriles is 1. The molecule has 0 bridgehead atoms. The lowest BCUT2D eigenvalue weighted by Crippen LogP contribution is -2.31. The number of benzene rings is 1. The third-order valence-corrected chi connectivity index (χ3v) is 5.04. The molecule has 0 amide bonds. The molecule has 0 unspecified atom stereocenters. The van der Waals surface area contributed by atoms with E-state index in [1.165, 1.54) is 0 Å². The summed E-state index contributed by atoms with van der Waals surface area (Å²) in [6, 6.07) is 9.71. The highest BCUT2D eigenvalue weighted by molar-refractivity contribution is 5.75. The Morgan fingerprint density at radius 2 is 1.80 bits per heavy atom. The molecular formula is C21H29NO3. The number of nitrogens with zero attached hydrogens (tertiary/aromatic N) is 1. The average Bonchev–Trinajstić information content (AvgIpc) is 2.66. The lowest BCUT2D eigenvalue weighted by atomic mass is 9.69. The van der Waals surface area contributed by atoms with Crippen LogP contribution in [0.2, 0.25) is 0 Å². The number of carbonyl (C=O) groups is 1. The lowest BCUT2D eigenvalue weighted by Gasteiger charge is -2.34. The number of esters is 1. The van der Waals surface area contributed by atoms with Crippen molar-refractivity contribution in [3.05, 3.63) is 24.3 Å². The van der Waals surface area contributed by atoms with E-state index in [1.54, 1.807) is 12.1 Å². The van der Waals surface area contributed by atoms with Crippen molar-refractivity contribution >= 4 is 5.97 Å². The number of ether oxygens (including phenoxy) is 2. The molecular weight excluding hydrogens is 314 g/mol. The van der Waals surface area contributed by atoms with Crippen LogP contribution in [0.1, 0.15) is 65.2 Å². The Morgan fingerprint density at radius 1 is 1.16 bits per heavy atom. The summed E-state index contributed by atoms with van der Waals surface area (Å²) in [6.07, 6.45) is 7.17. The minimum absolute atomic E-state index is 0.0980. The van der Waals surface area contributed by atoms with Gasteiger partial charge in [0.1, 0.15) is 11.5 Å². The topological polar surface area (TPSA) is 59.3 Å². The normalized spacial score (nSPS) is 22.8. The fourth-order valence-corrected chi connectivity index (χ4v) is 3.36. The molecule has 25 heavy (non-hydrogen) atoms. The van der Waals surface area contributed by atoms with E-state index in [1.807, 2.05) is 12.1 Å². The molecule has 0 radical (unpaired) electrons. The fourth-order valence-electron chi connectivity index (χ4n) is 3.36. The summed E-state index contributed by atoms with van der Waals surface area (Å²) in [5.74, 6) is 1.06. The molecule has 0 N–H and O–H groups in total. The van der Waals surface area contributed by atoms with Crippen molar-refractivity contribution < 1.29 is 14.3 Å². The molecule has 136 valence electrons. The highest BCUT2D eigenvalue weighted by Crippen LogP contribution is 2.42. The summed E-state index contributed by atoms with van der Waals surface area (Å²) in [4.78, 5) is 12.4. The molecule has 4 heteroatoms. The summed E-state index contributed by atoms with van der Waals surface area (Å²) < 4.78 is 11.0. The SMILES string of the molecule is CCCC[C@]1(C#N)CC[C@H](C(=O)Oc2ccc(OCCC)cc2)CC1. The van der Waals surface area contributed by atoms with Crippen LogP contribution in [-0.4, -0.2) is 12.6 Å². The van der Waals surface area contributed by atoms with Crippen LogP contribution in [0.25, 0.3) is 0 Å². The summed E-state index contributed by atoms with van der Waals surface area (Å²) in [5, 5.41) is 9.54. The van der Waals surface area contributed by atoms with Gasteiger partial charge in [0.2, 0.25) is 0 Å². The zero-order chi connectivity index (χ0) is 18.1. The second-order valence-corrected chi connectivity index (χ2v) is 7.01. The zero-order valence-corrected chi connectivity index (χ0v) is 15.4. The van der Waals surface area contributed by atoms with Gasteiger partial charge in [0.25, 0.3) is 0 Å². The molecule has 1 saturated carbocycles. The van der Waals surface area contributed by atoms with Crippen molar-refractivity contribution in [2.24, 2.45) is 11.3 Å². The molecule has 0 aromatic heterocycles. The largest absolute Gasteiger partial charge is 0.494 e. The number of hydrogen-bond acceptors (Lipinski definition) is 4. The van der Waals surface area contributed by atoms with Crippen molar-refractivity contribution in [3.8, 4) is 17.6 Å². The number of carbonyl (C=O) groups excluding carboxylic acids is 1. The van der Waals surface area contributed by atoms with Gasteiger partial charge in [-0.1, -0.05) is 26.7 Å². The van der Waals surface area contributed by atoms with E-state index in [0.29, 0.717) is 12.4 Å². The van der Waals surface area contributed by atoms with E-state index < -0.39 is 0 Å². The van der Waals surface area contributed by atoms with Crippen LogP contribution in [-0.2, 0) is 4.79 Å². The van der Waals surface area contributed by atoms with Crippen LogP contribution >= 0.6 is 0 Å². The molecule has 0 heterocycles. The quantitative estimate of drug-likeness (QED) is 0.476. The molecule has 0 aliphatic heterocycles. The first kappa shape index (κ1) is 19.3. The number of hydrogen-bond donors (Lipinski definition) is 0. The Hall–Kier alpha value is -2.02. The van der Waals surface area contributed by atoms with Gasteiger partial charge in [-0.25, -0.2) is 0 Å². The summed E-state index contributed by atoms with van der Waals surface area (Å²) >= 11 is 0. The smallest absolute Gasteiger partial charge is 0.314 e. The Bertz CT molecular complexity index is 580. The lowest BCUT2D eigenvalue weighted by molar-refractivity contribution is -0.140. The highest BCUT2D eigenvalue weighted by Gasteiger charge is 2.37. The summed E-state index contributed by atoms with van der Waals surface area (Å²) in [5.41, 5.74) is -0.231. The van der Waals surface area contributed by atoms with E-state index in [9.17, 15) is 10.1 Å². The maximum atomic E-state index is 12.4. The molecule has 4 nitrogen and oxygen atoms in total. The third kappa shape index (κ3) is 5.49. The van der Waals surface area contributed by atoms with Gasteiger partial charge in [0, 0.05) is 0 Å². The fraction of sp³-hybridized carbons (Fsp3) is 0.619. The van der Waals surface area contributed by atoms with Crippen LogP contribution in [0.3, 0.4) is 0 Å². The van der Waals surface area contributed by atoms with Gasteiger partial charge < -0.3 is 9.47 Å². The van der Waals surface area contributed by atoms with Gasteiger partial charge in [-0.05, 0) is 62.8 Å². The predicted octanol–water partition coefficient (Wildman–Crippen LogP) is 5.27. The molecule has 2 rings (SSSR count). The van der Waals surface area contributed by atoms with E-state index in [4.69, 9.17) is 9.47 Å². The van der Waals surface area contributed by atoms with Gasteiger partial charge in [-0.2, -0.15) is 5.26 Å². The Balaban J connectivity index is 1.85. The van der Waals surface area contributed by atoms with Crippen LogP contribution in [0.5, 0.6) is 11.5 Å². The first-order chi connectivity index (χ1) is 12.1. The molecule has 1 aliphatic carbocycles. The second-order valence-electron chi connectivity index (χ2n) is 7.01. The van der Waals surface area contributed by atoms with Crippen molar-refractivity contribution in [1.82, 2.24) is 0 Å². The maximum Gasteiger partial charge on any atom is 0.314 e. The summed E-state index contributed by atoms with van der Waals surface area (Å²) in [7, 11) is 0. The standard InChI is InChI=1S/C21H29NO3/c1-3-5-12-21(16-22)13-10-17(11-14-21)20(23)25-19-8-6-18(7-9-19)24-15-4-2/h6-9,17H,3-5,10-15H2,1-2H3/t17-,21-.